The molecule has 0 fully saturated rings. The number of aryl methyl sites for hydroxylation is 1. The van der Waals surface area contributed by atoms with Crippen LogP contribution in [0, 0.1) is 6.92 Å². The number of carboxylic acids is 1. The van der Waals surface area contributed by atoms with Gasteiger partial charge in [-0.3, -0.25) is 4.79 Å². The third kappa shape index (κ3) is 2.28. The molecule has 0 bridgehead atoms. The Bertz CT molecular complexity index is 928. The normalized spacial score (nSPS) is 10.9. The van der Waals surface area contributed by atoms with Crippen molar-refractivity contribution in [3.8, 4) is 0 Å². The van der Waals surface area contributed by atoms with Crippen LogP contribution < -0.4 is 0 Å². The van der Waals surface area contributed by atoms with E-state index in [1.165, 1.54) is 12.4 Å². The zero-order chi connectivity index (χ0) is 16.6. The van der Waals surface area contributed by atoms with Crippen molar-refractivity contribution >= 4 is 22.7 Å². The van der Waals surface area contributed by atoms with Gasteiger partial charge in [0.1, 0.15) is 5.69 Å². The molecule has 6 heteroatoms. The van der Waals surface area contributed by atoms with E-state index in [-0.39, 0.29) is 11.4 Å². The van der Waals surface area contributed by atoms with Crippen LogP contribution in [-0.2, 0) is 6.54 Å². The molecule has 0 amide bonds. The Kier molecular flexibility index (Phi) is 3.65. The maximum atomic E-state index is 13.0. The summed E-state index contributed by atoms with van der Waals surface area (Å²) in [7, 11) is 0. The first kappa shape index (κ1) is 14.9. The molecule has 3 aromatic rings. The van der Waals surface area contributed by atoms with Crippen LogP contribution in [0.15, 0.2) is 36.7 Å². The second kappa shape index (κ2) is 5.64. The molecule has 3 rings (SSSR count). The molecule has 2 aromatic heterocycles. The minimum Gasteiger partial charge on any atom is -0.476 e. The molecule has 0 atom stereocenters. The number of aromatic carboxylic acids is 1. The molecule has 6 nitrogen and oxygen atoms in total. The van der Waals surface area contributed by atoms with E-state index in [0.29, 0.717) is 12.1 Å². The molecular weight excluding hydrogens is 294 g/mol. The summed E-state index contributed by atoms with van der Waals surface area (Å²) >= 11 is 0. The summed E-state index contributed by atoms with van der Waals surface area (Å²) < 4.78 is 2.03. The lowest BCUT2D eigenvalue weighted by molar-refractivity contribution is 0.0685. The molecule has 0 spiro atoms. The number of nitrogens with zero attached hydrogens (tertiary/aromatic N) is 3. The average Bonchev–Trinajstić information content (AvgIpc) is 2.85. The molecular formula is C17H15N3O3. The molecule has 0 aliphatic heterocycles. The lowest BCUT2D eigenvalue weighted by Crippen LogP contribution is -2.14. The largest absolute Gasteiger partial charge is 0.476 e. The molecule has 0 aliphatic rings. The number of rotatable bonds is 4. The molecule has 0 radical (unpaired) electrons. The summed E-state index contributed by atoms with van der Waals surface area (Å²) in [6.07, 6.45) is 2.59. The Morgan fingerprint density at radius 3 is 2.43 bits per heavy atom. The van der Waals surface area contributed by atoms with Crippen molar-refractivity contribution in [2.45, 2.75) is 20.4 Å². The van der Waals surface area contributed by atoms with Gasteiger partial charge in [-0.2, -0.15) is 0 Å². The van der Waals surface area contributed by atoms with Gasteiger partial charge in [0.15, 0.2) is 5.69 Å². The van der Waals surface area contributed by atoms with Gasteiger partial charge in [-0.1, -0.05) is 18.2 Å². The van der Waals surface area contributed by atoms with Gasteiger partial charge in [-0.05, 0) is 19.9 Å². The Hall–Kier alpha value is -3.02. The Balaban J connectivity index is 2.28. The second-order valence-corrected chi connectivity index (χ2v) is 5.11. The highest BCUT2D eigenvalue weighted by atomic mass is 16.4. The van der Waals surface area contributed by atoms with Crippen LogP contribution in [0.25, 0.3) is 10.9 Å². The van der Waals surface area contributed by atoms with Crippen LogP contribution in [0.4, 0.5) is 0 Å². The van der Waals surface area contributed by atoms with Crippen LogP contribution >= 0.6 is 0 Å². The van der Waals surface area contributed by atoms with Crippen molar-refractivity contribution < 1.29 is 14.7 Å². The molecule has 1 N–H and O–H groups in total. The summed E-state index contributed by atoms with van der Waals surface area (Å²) in [6.45, 7) is 4.57. The maximum absolute atomic E-state index is 13.0. The van der Waals surface area contributed by atoms with Gasteiger partial charge in [-0.25, -0.2) is 14.8 Å². The van der Waals surface area contributed by atoms with Crippen LogP contribution in [-0.4, -0.2) is 31.4 Å². The van der Waals surface area contributed by atoms with E-state index in [1.54, 1.807) is 0 Å². The SMILES string of the molecule is CCn1c(C)c(C(=O)c2nccnc2C(=O)O)c2ccccc21. The van der Waals surface area contributed by atoms with Gasteiger partial charge in [0, 0.05) is 35.5 Å². The molecule has 0 saturated carbocycles. The third-order valence-electron chi connectivity index (χ3n) is 3.89. The fourth-order valence-electron chi connectivity index (χ4n) is 2.90. The van der Waals surface area contributed by atoms with Crippen LogP contribution in [0.2, 0.25) is 0 Å². The first-order valence-electron chi connectivity index (χ1n) is 7.23. The lowest BCUT2D eigenvalue weighted by Gasteiger charge is -2.05. The van der Waals surface area contributed by atoms with Crippen LogP contribution in [0.3, 0.4) is 0 Å². The van der Waals surface area contributed by atoms with Gasteiger partial charge >= 0.3 is 5.97 Å². The van der Waals surface area contributed by atoms with Crippen molar-refractivity contribution in [3.05, 3.63) is 59.3 Å². The van der Waals surface area contributed by atoms with E-state index in [9.17, 15) is 14.7 Å². The van der Waals surface area contributed by atoms with Crippen molar-refractivity contribution in [1.29, 1.82) is 0 Å². The number of carbonyl (C=O) groups excluding carboxylic acids is 1. The zero-order valence-corrected chi connectivity index (χ0v) is 12.8. The van der Waals surface area contributed by atoms with E-state index in [0.717, 1.165) is 16.6 Å². The summed E-state index contributed by atoms with van der Waals surface area (Å²) in [5.74, 6) is -1.69. The van der Waals surface area contributed by atoms with Crippen molar-refractivity contribution in [2.24, 2.45) is 0 Å². The zero-order valence-electron chi connectivity index (χ0n) is 12.8. The van der Waals surface area contributed by atoms with E-state index in [2.05, 4.69) is 9.97 Å². The minimum atomic E-state index is -1.27. The Labute approximate surface area is 132 Å². The fraction of sp³-hybridized carbons (Fsp3) is 0.176. The second-order valence-electron chi connectivity index (χ2n) is 5.11. The molecule has 116 valence electrons. The topological polar surface area (TPSA) is 85.1 Å². The number of carbonyl (C=O) groups is 2. The van der Waals surface area contributed by atoms with Crippen LogP contribution in [0.1, 0.15) is 39.2 Å². The predicted molar refractivity (Wildman–Crippen MR) is 84.8 cm³/mol. The molecule has 23 heavy (non-hydrogen) atoms. The summed E-state index contributed by atoms with van der Waals surface area (Å²) in [5, 5.41) is 10.0. The summed E-state index contributed by atoms with van der Waals surface area (Å²) in [6, 6.07) is 7.57. The van der Waals surface area contributed by atoms with Crippen molar-refractivity contribution in [3.63, 3.8) is 0 Å². The maximum Gasteiger partial charge on any atom is 0.356 e. The third-order valence-corrected chi connectivity index (χ3v) is 3.89. The fourth-order valence-corrected chi connectivity index (χ4v) is 2.90. The van der Waals surface area contributed by atoms with Gasteiger partial charge < -0.3 is 9.67 Å². The summed E-state index contributed by atoms with van der Waals surface area (Å²) in [5.41, 5.74) is 1.75. The Morgan fingerprint density at radius 1 is 1.13 bits per heavy atom. The van der Waals surface area contributed by atoms with E-state index in [4.69, 9.17) is 0 Å². The summed E-state index contributed by atoms with van der Waals surface area (Å²) in [4.78, 5) is 32.0. The van der Waals surface area contributed by atoms with E-state index >= 15 is 0 Å². The number of fused-ring (bicyclic) bond motifs is 1. The molecule has 1 aromatic carbocycles. The highest BCUT2D eigenvalue weighted by Gasteiger charge is 2.26. The lowest BCUT2D eigenvalue weighted by atomic mass is 10.0. The Morgan fingerprint density at radius 2 is 1.78 bits per heavy atom. The highest BCUT2D eigenvalue weighted by molar-refractivity contribution is 6.19. The standard InChI is InChI=1S/C17H15N3O3/c1-3-20-10(2)13(11-6-4-5-7-12(11)20)16(21)14-15(17(22)23)19-9-8-18-14/h4-9H,3H2,1-2H3,(H,22,23). The van der Waals surface area contributed by atoms with Crippen LogP contribution in [0.5, 0.6) is 0 Å². The molecule has 0 saturated heterocycles. The van der Waals surface area contributed by atoms with Gasteiger partial charge in [0.05, 0.1) is 5.56 Å². The number of ketones is 1. The smallest absolute Gasteiger partial charge is 0.356 e. The number of para-hydroxylation sites is 1. The number of benzene rings is 1. The molecule has 0 unspecified atom stereocenters. The number of carboxylic acid groups (broad SMARTS) is 1. The van der Waals surface area contributed by atoms with Gasteiger partial charge in [-0.15, -0.1) is 0 Å². The van der Waals surface area contributed by atoms with E-state index < -0.39 is 11.8 Å². The van der Waals surface area contributed by atoms with Crippen molar-refractivity contribution in [2.75, 3.05) is 0 Å². The van der Waals surface area contributed by atoms with Gasteiger partial charge in [0.25, 0.3) is 0 Å². The number of aromatic nitrogens is 3. The first-order chi connectivity index (χ1) is 11.1. The first-order valence-corrected chi connectivity index (χ1v) is 7.23. The highest BCUT2D eigenvalue weighted by Crippen LogP contribution is 2.28. The quantitative estimate of drug-likeness (QED) is 0.749. The number of hydrogen-bond donors (Lipinski definition) is 1. The molecule has 0 aliphatic carbocycles. The van der Waals surface area contributed by atoms with Gasteiger partial charge in [0.2, 0.25) is 5.78 Å². The minimum absolute atomic E-state index is 0.137. The number of hydrogen-bond acceptors (Lipinski definition) is 4. The average molecular weight is 309 g/mol. The monoisotopic (exact) mass is 309 g/mol. The predicted octanol–water partition coefficient (Wildman–Crippen LogP) is 2.69. The molecule has 2 heterocycles. The van der Waals surface area contributed by atoms with Crippen molar-refractivity contribution in [1.82, 2.24) is 14.5 Å². The van der Waals surface area contributed by atoms with E-state index in [1.807, 2.05) is 42.7 Å².